The van der Waals surface area contributed by atoms with Crippen molar-refractivity contribution < 1.29 is 14.2 Å². The van der Waals surface area contributed by atoms with Gasteiger partial charge in [-0.1, -0.05) is 6.07 Å². The third-order valence-corrected chi connectivity index (χ3v) is 5.82. The average Bonchev–Trinajstić information content (AvgIpc) is 2.77. The maximum absolute atomic E-state index is 5.82. The average molecular weight is 391 g/mol. The van der Waals surface area contributed by atoms with Gasteiger partial charge in [-0.2, -0.15) is 0 Å². The third kappa shape index (κ3) is 5.29. The summed E-state index contributed by atoms with van der Waals surface area (Å²) >= 11 is 0. The Bertz CT molecular complexity index is 646. The Balaban J connectivity index is 1.55. The van der Waals surface area contributed by atoms with Crippen molar-refractivity contribution in [2.45, 2.75) is 37.3 Å². The van der Waals surface area contributed by atoms with Gasteiger partial charge in [0.1, 0.15) is 5.75 Å². The minimum absolute atomic E-state index is 0.172. The fraction of sp³-hybridized carbons (Fsp3) is 0.667. The molecule has 1 unspecified atom stereocenters. The van der Waals surface area contributed by atoms with E-state index in [0.29, 0.717) is 6.04 Å². The minimum atomic E-state index is -0.172. The standard InChI is InChI=1S/C21H34N4O3/c1-22-20(23-16-21(27-3)9-12-28-13-10-21)24-17-6-5-11-25(15-17)18-7-4-8-19(14-18)26-2/h4,7-8,14,17H,5-6,9-13,15-16H2,1-3H3,(H2,22,23,24). The van der Waals surface area contributed by atoms with Crippen LogP contribution in [0, 0.1) is 0 Å². The molecular weight excluding hydrogens is 356 g/mol. The second kappa shape index (κ2) is 9.98. The summed E-state index contributed by atoms with van der Waals surface area (Å²) in [5.74, 6) is 1.73. The number of methoxy groups -OCH3 is 2. The van der Waals surface area contributed by atoms with E-state index < -0.39 is 0 Å². The Morgan fingerprint density at radius 3 is 2.86 bits per heavy atom. The van der Waals surface area contributed by atoms with Gasteiger partial charge in [0.25, 0.3) is 0 Å². The molecule has 0 spiro atoms. The van der Waals surface area contributed by atoms with Crippen molar-refractivity contribution in [3.8, 4) is 5.75 Å². The quantitative estimate of drug-likeness (QED) is 0.572. The van der Waals surface area contributed by atoms with E-state index >= 15 is 0 Å². The van der Waals surface area contributed by atoms with E-state index in [4.69, 9.17) is 14.2 Å². The van der Waals surface area contributed by atoms with Gasteiger partial charge in [0.2, 0.25) is 0 Å². The molecule has 2 aliphatic rings. The lowest BCUT2D eigenvalue weighted by molar-refractivity contribution is -0.0855. The minimum Gasteiger partial charge on any atom is -0.497 e. The highest BCUT2D eigenvalue weighted by atomic mass is 16.5. The second-order valence-corrected chi connectivity index (χ2v) is 7.56. The van der Waals surface area contributed by atoms with Crippen LogP contribution in [0.4, 0.5) is 5.69 Å². The van der Waals surface area contributed by atoms with Crippen molar-refractivity contribution in [3.05, 3.63) is 24.3 Å². The molecule has 2 saturated heterocycles. The number of benzene rings is 1. The number of piperidine rings is 1. The van der Waals surface area contributed by atoms with Gasteiger partial charge in [-0.05, 0) is 25.0 Å². The Morgan fingerprint density at radius 1 is 1.32 bits per heavy atom. The molecule has 0 bridgehead atoms. The topological polar surface area (TPSA) is 67.4 Å². The van der Waals surface area contributed by atoms with E-state index in [1.54, 1.807) is 14.2 Å². The normalized spacial score (nSPS) is 22.6. The van der Waals surface area contributed by atoms with Crippen LogP contribution in [0.3, 0.4) is 0 Å². The van der Waals surface area contributed by atoms with E-state index in [1.807, 2.05) is 19.2 Å². The number of nitrogens with one attached hydrogen (secondary N) is 2. The van der Waals surface area contributed by atoms with Crippen molar-refractivity contribution in [2.75, 3.05) is 59.0 Å². The van der Waals surface area contributed by atoms with Gasteiger partial charge in [-0.15, -0.1) is 0 Å². The number of rotatable bonds is 6. The number of nitrogens with zero attached hydrogens (tertiary/aromatic N) is 2. The second-order valence-electron chi connectivity index (χ2n) is 7.56. The van der Waals surface area contributed by atoms with E-state index in [-0.39, 0.29) is 5.60 Å². The summed E-state index contributed by atoms with van der Waals surface area (Å²) in [6.45, 7) is 4.24. The SMILES string of the molecule is CN=C(NCC1(OC)CCOCC1)NC1CCCN(c2cccc(OC)c2)C1. The highest BCUT2D eigenvalue weighted by Gasteiger charge is 2.33. The van der Waals surface area contributed by atoms with Crippen LogP contribution in [-0.4, -0.2) is 71.7 Å². The van der Waals surface area contributed by atoms with Crippen molar-refractivity contribution >= 4 is 11.6 Å². The number of hydrogen-bond donors (Lipinski definition) is 2. The van der Waals surface area contributed by atoms with Crippen molar-refractivity contribution in [1.29, 1.82) is 0 Å². The summed E-state index contributed by atoms with van der Waals surface area (Å²) < 4.78 is 16.7. The van der Waals surface area contributed by atoms with Crippen molar-refractivity contribution in [1.82, 2.24) is 10.6 Å². The summed E-state index contributed by atoms with van der Waals surface area (Å²) in [4.78, 5) is 6.84. The number of guanidine groups is 1. The molecule has 0 aromatic heterocycles. The van der Waals surface area contributed by atoms with Crippen LogP contribution in [0.1, 0.15) is 25.7 Å². The predicted molar refractivity (Wildman–Crippen MR) is 113 cm³/mol. The van der Waals surface area contributed by atoms with Crippen LogP contribution < -0.4 is 20.3 Å². The Labute approximate surface area is 168 Å². The van der Waals surface area contributed by atoms with Crippen LogP contribution in [0.2, 0.25) is 0 Å². The summed E-state index contributed by atoms with van der Waals surface area (Å²) in [5.41, 5.74) is 1.03. The molecule has 0 radical (unpaired) electrons. The van der Waals surface area contributed by atoms with Gasteiger partial charge < -0.3 is 29.7 Å². The van der Waals surface area contributed by atoms with E-state index in [2.05, 4.69) is 32.7 Å². The molecule has 156 valence electrons. The Hall–Kier alpha value is -1.99. The molecule has 7 heteroatoms. The summed E-state index contributed by atoms with van der Waals surface area (Å²) in [6, 6.07) is 8.62. The first-order valence-corrected chi connectivity index (χ1v) is 10.2. The monoisotopic (exact) mass is 390 g/mol. The number of hydrogen-bond acceptors (Lipinski definition) is 5. The number of ether oxygens (including phenoxy) is 3. The maximum Gasteiger partial charge on any atom is 0.191 e. The van der Waals surface area contributed by atoms with Gasteiger partial charge >= 0.3 is 0 Å². The van der Waals surface area contributed by atoms with Gasteiger partial charge in [-0.25, -0.2) is 0 Å². The smallest absolute Gasteiger partial charge is 0.191 e. The maximum atomic E-state index is 5.82. The van der Waals surface area contributed by atoms with Crippen LogP contribution in [-0.2, 0) is 9.47 Å². The highest BCUT2D eigenvalue weighted by molar-refractivity contribution is 5.80. The first-order valence-electron chi connectivity index (χ1n) is 10.2. The van der Waals surface area contributed by atoms with Gasteiger partial charge in [0, 0.05) is 77.6 Å². The molecule has 2 aliphatic heterocycles. The lowest BCUT2D eigenvalue weighted by Crippen LogP contribution is -2.55. The molecular formula is C21H34N4O3. The summed E-state index contributed by atoms with van der Waals surface area (Å²) in [6.07, 6.45) is 4.08. The molecule has 0 amide bonds. The largest absolute Gasteiger partial charge is 0.497 e. The molecule has 2 heterocycles. The van der Waals surface area contributed by atoms with E-state index in [1.165, 1.54) is 5.69 Å². The molecule has 3 rings (SSSR count). The highest BCUT2D eigenvalue weighted by Crippen LogP contribution is 2.25. The van der Waals surface area contributed by atoms with Gasteiger partial charge in [-0.3, -0.25) is 4.99 Å². The lowest BCUT2D eigenvalue weighted by atomic mass is 9.94. The Morgan fingerprint density at radius 2 is 2.14 bits per heavy atom. The van der Waals surface area contributed by atoms with Crippen LogP contribution >= 0.6 is 0 Å². The van der Waals surface area contributed by atoms with E-state index in [9.17, 15) is 0 Å². The molecule has 0 aliphatic carbocycles. The Kier molecular flexibility index (Phi) is 7.39. The van der Waals surface area contributed by atoms with Crippen LogP contribution in [0.5, 0.6) is 5.75 Å². The van der Waals surface area contributed by atoms with Gasteiger partial charge in [0.05, 0.1) is 12.7 Å². The summed E-state index contributed by atoms with van der Waals surface area (Å²) in [5, 5.41) is 7.06. The van der Waals surface area contributed by atoms with Crippen molar-refractivity contribution in [3.63, 3.8) is 0 Å². The molecule has 2 fully saturated rings. The third-order valence-electron chi connectivity index (χ3n) is 5.82. The molecule has 1 atom stereocenters. The number of anilines is 1. The zero-order valence-electron chi connectivity index (χ0n) is 17.4. The first-order chi connectivity index (χ1) is 13.7. The van der Waals surface area contributed by atoms with Crippen LogP contribution in [0.15, 0.2) is 29.3 Å². The van der Waals surface area contributed by atoms with E-state index in [0.717, 1.165) is 70.2 Å². The zero-order chi connectivity index (χ0) is 19.8. The lowest BCUT2D eigenvalue weighted by Gasteiger charge is -2.38. The summed E-state index contributed by atoms with van der Waals surface area (Å²) in [7, 11) is 5.32. The number of aliphatic imine (C=N–C) groups is 1. The van der Waals surface area contributed by atoms with Gasteiger partial charge in [0.15, 0.2) is 5.96 Å². The first kappa shape index (κ1) is 20.7. The van der Waals surface area contributed by atoms with Crippen LogP contribution in [0.25, 0.3) is 0 Å². The fourth-order valence-corrected chi connectivity index (χ4v) is 3.97. The molecule has 28 heavy (non-hydrogen) atoms. The fourth-order valence-electron chi connectivity index (χ4n) is 3.97. The molecule has 0 saturated carbocycles. The molecule has 1 aromatic rings. The predicted octanol–water partition coefficient (Wildman–Crippen LogP) is 2.02. The molecule has 7 nitrogen and oxygen atoms in total. The zero-order valence-corrected chi connectivity index (χ0v) is 17.4. The molecule has 1 aromatic carbocycles. The molecule has 2 N–H and O–H groups in total. The van der Waals surface area contributed by atoms with Crippen molar-refractivity contribution in [2.24, 2.45) is 4.99 Å².